The van der Waals surface area contributed by atoms with Crippen molar-refractivity contribution in [3.05, 3.63) is 0 Å². The summed E-state index contributed by atoms with van der Waals surface area (Å²) in [6.45, 7) is 8.33. The van der Waals surface area contributed by atoms with Crippen LogP contribution in [-0.2, 0) is 0 Å². The molecule has 60 valence electrons. The topological polar surface area (TPSA) is 32.6 Å². The van der Waals surface area contributed by atoms with E-state index in [1.807, 2.05) is 6.92 Å². The summed E-state index contributed by atoms with van der Waals surface area (Å²) in [6, 6.07) is 0. The maximum atomic E-state index is 8.45. The van der Waals surface area contributed by atoms with Crippen molar-refractivity contribution < 1.29 is 5.11 Å². The first-order chi connectivity index (χ1) is 4.45. The zero-order valence-corrected chi connectivity index (χ0v) is 7.31. The van der Waals surface area contributed by atoms with Crippen LogP contribution in [0.15, 0.2) is 4.99 Å². The van der Waals surface area contributed by atoms with Crippen LogP contribution < -0.4 is 0 Å². The van der Waals surface area contributed by atoms with E-state index in [4.69, 9.17) is 5.11 Å². The molecule has 0 aliphatic heterocycles. The first-order valence-corrected chi connectivity index (χ1v) is 3.56. The van der Waals surface area contributed by atoms with Gasteiger partial charge in [-0.25, -0.2) is 0 Å². The van der Waals surface area contributed by atoms with Crippen LogP contribution >= 0.6 is 0 Å². The molecule has 0 aliphatic carbocycles. The zero-order valence-electron chi connectivity index (χ0n) is 7.31. The fourth-order valence-electron chi connectivity index (χ4n) is 0.944. The number of hydrogen-bond donors (Lipinski definition) is 1. The lowest BCUT2D eigenvalue weighted by atomic mass is 9.90. The predicted octanol–water partition coefficient (Wildman–Crippen LogP) is 1.83. The quantitative estimate of drug-likeness (QED) is 0.588. The van der Waals surface area contributed by atoms with Gasteiger partial charge in [-0.05, 0) is 18.8 Å². The Balaban J connectivity index is 3.79. The molecule has 0 aromatic carbocycles. The molecule has 0 unspecified atom stereocenters. The van der Waals surface area contributed by atoms with Gasteiger partial charge in [-0.15, -0.1) is 0 Å². The molecular weight excluding hydrogens is 126 g/mol. The van der Waals surface area contributed by atoms with E-state index < -0.39 is 0 Å². The number of aliphatic hydroxyl groups is 1. The molecule has 0 aliphatic rings. The number of rotatable bonds is 2. The minimum atomic E-state index is -0.0814. The highest BCUT2D eigenvalue weighted by Crippen LogP contribution is 2.18. The monoisotopic (exact) mass is 143 g/mol. The highest BCUT2D eigenvalue weighted by Gasteiger charge is 2.10. The summed E-state index contributed by atoms with van der Waals surface area (Å²) in [5, 5.41) is 8.45. The minimum absolute atomic E-state index is 0.0814. The van der Waals surface area contributed by atoms with Crippen LogP contribution in [0.1, 0.15) is 34.1 Å². The normalized spacial score (nSPS) is 13.9. The third-order valence-electron chi connectivity index (χ3n) is 1.13. The standard InChI is InChI=1S/C8H17NO/c1-7(9-6-10)5-8(2,3)4/h10H,5-6H2,1-4H3/b9-7-. The molecule has 1 N–H and O–H groups in total. The molecule has 2 nitrogen and oxygen atoms in total. The number of aliphatic hydroxyl groups excluding tert-OH is 1. The van der Waals surface area contributed by atoms with Crippen molar-refractivity contribution in [2.75, 3.05) is 6.73 Å². The van der Waals surface area contributed by atoms with Crippen molar-refractivity contribution in [1.82, 2.24) is 0 Å². The summed E-state index contributed by atoms with van der Waals surface area (Å²) < 4.78 is 0. The summed E-state index contributed by atoms with van der Waals surface area (Å²) in [6.07, 6.45) is 0.952. The molecule has 0 aromatic rings. The Morgan fingerprint density at radius 1 is 1.40 bits per heavy atom. The van der Waals surface area contributed by atoms with Crippen molar-refractivity contribution in [2.24, 2.45) is 10.4 Å². The van der Waals surface area contributed by atoms with E-state index in [1.165, 1.54) is 0 Å². The molecule has 0 saturated carbocycles. The Hall–Kier alpha value is -0.370. The van der Waals surface area contributed by atoms with Crippen LogP contribution in [0.4, 0.5) is 0 Å². The van der Waals surface area contributed by atoms with Gasteiger partial charge in [0.1, 0.15) is 6.73 Å². The van der Waals surface area contributed by atoms with E-state index >= 15 is 0 Å². The SMILES string of the molecule is C/C(CC(C)(C)C)=N/CO. The van der Waals surface area contributed by atoms with E-state index in [-0.39, 0.29) is 12.1 Å². The van der Waals surface area contributed by atoms with Gasteiger partial charge in [0.2, 0.25) is 0 Å². The molecule has 0 rings (SSSR count). The minimum Gasteiger partial charge on any atom is -0.375 e. The molecule has 0 atom stereocenters. The second-order valence-electron chi connectivity index (χ2n) is 3.77. The van der Waals surface area contributed by atoms with Crippen LogP contribution in [0.25, 0.3) is 0 Å². The van der Waals surface area contributed by atoms with E-state index in [1.54, 1.807) is 0 Å². The molecule has 0 spiro atoms. The summed E-state index contributed by atoms with van der Waals surface area (Å²) in [4.78, 5) is 3.88. The summed E-state index contributed by atoms with van der Waals surface area (Å²) in [5.74, 6) is 0. The lowest BCUT2D eigenvalue weighted by Crippen LogP contribution is -2.10. The van der Waals surface area contributed by atoms with Crippen LogP contribution in [0, 0.1) is 5.41 Å². The van der Waals surface area contributed by atoms with Crippen molar-refractivity contribution >= 4 is 5.71 Å². The van der Waals surface area contributed by atoms with Crippen LogP contribution in [0.5, 0.6) is 0 Å². The molecule has 2 heteroatoms. The van der Waals surface area contributed by atoms with Gasteiger partial charge in [0.05, 0.1) is 0 Å². The van der Waals surface area contributed by atoms with Gasteiger partial charge < -0.3 is 5.11 Å². The molecule has 0 bridgehead atoms. The van der Waals surface area contributed by atoms with Gasteiger partial charge in [-0.1, -0.05) is 20.8 Å². The third kappa shape index (κ3) is 5.76. The number of hydrogen-bond acceptors (Lipinski definition) is 2. The van der Waals surface area contributed by atoms with Crippen molar-refractivity contribution in [3.8, 4) is 0 Å². The number of aliphatic imine (C=N–C) groups is 1. The van der Waals surface area contributed by atoms with E-state index in [9.17, 15) is 0 Å². The van der Waals surface area contributed by atoms with E-state index in [0.29, 0.717) is 0 Å². The van der Waals surface area contributed by atoms with E-state index in [2.05, 4.69) is 25.8 Å². The molecule has 0 fully saturated rings. The average Bonchev–Trinajstić information content (AvgIpc) is 1.59. The molecule has 0 amide bonds. The maximum Gasteiger partial charge on any atom is 0.134 e. The van der Waals surface area contributed by atoms with Gasteiger partial charge in [-0.2, -0.15) is 0 Å². The Bertz CT molecular complexity index is 122. The lowest BCUT2D eigenvalue weighted by molar-refractivity contribution is 0.308. The lowest BCUT2D eigenvalue weighted by Gasteiger charge is -2.17. The van der Waals surface area contributed by atoms with Gasteiger partial charge in [-0.3, -0.25) is 4.99 Å². The molecular formula is C8H17NO. The molecule has 10 heavy (non-hydrogen) atoms. The van der Waals surface area contributed by atoms with Crippen molar-refractivity contribution in [3.63, 3.8) is 0 Å². The Morgan fingerprint density at radius 2 is 1.90 bits per heavy atom. The van der Waals surface area contributed by atoms with Gasteiger partial charge in [0.15, 0.2) is 0 Å². The third-order valence-corrected chi connectivity index (χ3v) is 1.13. The predicted molar refractivity (Wildman–Crippen MR) is 44.3 cm³/mol. The summed E-state index contributed by atoms with van der Waals surface area (Å²) in [7, 11) is 0. The van der Waals surface area contributed by atoms with Crippen LogP contribution in [-0.4, -0.2) is 17.5 Å². The van der Waals surface area contributed by atoms with Crippen LogP contribution in [0.2, 0.25) is 0 Å². The number of nitrogens with zero attached hydrogens (tertiary/aromatic N) is 1. The van der Waals surface area contributed by atoms with E-state index in [0.717, 1.165) is 12.1 Å². The van der Waals surface area contributed by atoms with Gasteiger partial charge in [0.25, 0.3) is 0 Å². The second kappa shape index (κ2) is 3.71. The Morgan fingerprint density at radius 3 is 2.20 bits per heavy atom. The van der Waals surface area contributed by atoms with Crippen LogP contribution in [0.3, 0.4) is 0 Å². The largest absolute Gasteiger partial charge is 0.375 e. The summed E-state index contributed by atoms with van der Waals surface area (Å²) in [5.41, 5.74) is 1.30. The smallest absolute Gasteiger partial charge is 0.134 e. The molecule has 0 radical (unpaired) electrons. The highest BCUT2D eigenvalue weighted by atomic mass is 16.3. The molecule has 0 heterocycles. The summed E-state index contributed by atoms with van der Waals surface area (Å²) >= 11 is 0. The Labute approximate surface area is 63.0 Å². The van der Waals surface area contributed by atoms with Gasteiger partial charge >= 0.3 is 0 Å². The average molecular weight is 143 g/mol. The maximum absolute atomic E-state index is 8.45. The van der Waals surface area contributed by atoms with Crippen molar-refractivity contribution in [1.29, 1.82) is 0 Å². The zero-order chi connectivity index (χ0) is 8.20. The fourth-order valence-corrected chi connectivity index (χ4v) is 0.944. The first-order valence-electron chi connectivity index (χ1n) is 3.56. The second-order valence-corrected chi connectivity index (χ2v) is 3.77. The fraction of sp³-hybridized carbons (Fsp3) is 0.875. The van der Waals surface area contributed by atoms with Gasteiger partial charge in [0, 0.05) is 5.71 Å². The first kappa shape index (κ1) is 9.63. The Kier molecular flexibility index (Phi) is 3.58. The highest BCUT2D eigenvalue weighted by molar-refractivity contribution is 5.82. The molecule has 0 aromatic heterocycles. The molecule has 0 saturated heterocycles. The van der Waals surface area contributed by atoms with Crippen molar-refractivity contribution in [2.45, 2.75) is 34.1 Å².